The molecule has 5 heteroatoms. The molecule has 0 aliphatic heterocycles. The molecular formula is C23H23NO3S. The van der Waals surface area contributed by atoms with E-state index in [2.05, 4.69) is 5.32 Å². The third-order valence-corrected chi connectivity index (χ3v) is 4.66. The molecule has 0 bridgehead atoms. The van der Waals surface area contributed by atoms with Crippen LogP contribution >= 0.6 is 12.2 Å². The lowest BCUT2D eigenvalue weighted by atomic mass is 10.1. The Bertz CT molecular complexity index is 911. The second kappa shape index (κ2) is 9.76. The van der Waals surface area contributed by atoms with Crippen LogP contribution in [0.25, 0.3) is 0 Å². The number of thiocarbonyl (C=S) groups is 1. The van der Waals surface area contributed by atoms with Crippen molar-refractivity contribution in [1.29, 1.82) is 0 Å². The van der Waals surface area contributed by atoms with Crippen LogP contribution in [0.3, 0.4) is 0 Å². The average Bonchev–Trinajstić information content (AvgIpc) is 2.77. The lowest BCUT2D eigenvalue weighted by Crippen LogP contribution is -2.21. The Morgan fingerprint density at radius 2 is 1.57 bits per heavy atom. The summed E-state index contributed by atoms with van der Waals surface area (Å²) < 4.78 is 16.6. The third kappa shape index (κ3) is 5.24. The van der Waals surface area contributed by atoms with Crippen molar-refractivity contribution in [3.05, 3.63) is 89.5 Å². The summed E-state index contributed by atoms with van der Waals surface area (Å²) in [4.78, 5) is 0.656. The first-order valence-electron chi connectivity index (χ1n) is 8.95. The molecule has 3 aromatic carbocycles. The minimum Gasteiger partial charge on any atom is -0.497 e. The van der Waals surface area contributed by atoms with Crippen molar-refractivity contribution in [1.82, 2.24) is 5.32 Å². The highest BCUT2D eigenvalue weighted by Gasteiger charge is 2.09. The molecule has 0 radical (unpaired) electrons. The van der Waals surface area contributed by atoms with Crippen molar-refractivity contribution < 1.29 is 14.2 Å². The molecule has 0 aromatic heterocycles. The summed E-state index contributed by atoms with van der Waals surface area (Å²) in [5.74, 6) is 2.18. The number of hydrogen-bond donors (Lipinski definition) is 1. The van der Waals surface area contributed by atoms with Crippen LogP contribution in [0.2, 0.25) is 0 Å². The molecule has 144 valence electrons. The Labute approximate surface area is 171 Å². The number of ether oxygens (including phenoxy) is 3. The standard InChI is InChI=1S/C23H23NO3S/c1-25-20-11-8-17(9-12-20)15-24-23(28)19-10-13-21(22(14-19)26-2)27-16-18-6-4-3-5-7-18/h3-14H,15-16H2,1-2H3,(H,24,28). The van der Waals surface area contributed by atoms with Gasteiger partial charge in [0.2, 0.25) is 0 Å². The van der Waals surface area contributed by atoms with Crippen LogP contribution in [0.1, 0.15) is 16.7 Å². The quantitative estimate of drug-likeness (QED) is 0.559. The van der Waals surface area contributed by atoms with E-state index in [9.17, 15) is 0 Å². The maximum Gasteiger partial charge on any atom is 0.161 e. The SMILES string of the molecule is COc1ccc(CNC(=S)c2ccc(OCc3ccccc3)c(OC)c2)cc1. The van der Waals surface area contributed by atoms with Crippen molar-refractivity contribution in [2.75, 3.05) is 14.2 Å². The summed E-state index contributed by atoms with van der Waals surface area (Å²) in [7, 11) is 3.28. The van der Waals surface area contributed by atoms with Gasteiger partial charge in [-0.3, -0.25) is 0 Å². The lowest BCUT2D eigenvalue weighted by Gasteiger charge is -2.14. The summed E-state index contributed by atoms with van der Waals surface area (Å²) in [5.41, 5.74) is 3.11. The van der Waals surface area contributed by atoms with Crippen LogP contribution in [0, 0.1) is 0 Å². The lowest BCUT2D eigenvalue weighted by molar-refractivity contribution is 0.284. The number of rotatable bonds is 8. The van der Waals surface area contributed by atoms with Crippen LogP contribution in [-0.4, -0.2) is 19.2 Å². The van der Waals surface area contributed by atoms with Gasteiger partial charge in [-0.25, -0.2) is 0 Å². The minimum absolute atomic E-state index is 0.483. The number of hydrogen-bond acceptors (Lipinski definition) is 4. The highest BCUT2D eigenvalue weighted by atomic mass is 32.1. The van der Waals surface area contributed by atoms with E-state index < -0.39 is 0 Å². The molecule has 0 amide bonds. The first-order chi connectivity index (χ1) is 13.7. The molecule has 0 heterocycles. The van der Waals surface area contributed by atoms with Crippen molar-refractivity contribution in [3.63, 3.8) is 0 Å². The highest BCUT2D eigenvalue weighted by Crippen LogP contribution is 2.29. The van der Waals surface area contributed by atoms with Gasteiger partial charge in [0.15, 0.2) is 11.5 Å². The van der Waals surface area contributed by atoms with Gasteiger partial charge in [0.1, 0.15) is 17.3 Å². The summed E-state index contributed by atoms with van der Waals surface area (Å²) in [6.07, 6.45) is 0. The molecular weight excluding hydrogens is 370 g/mol. The summed E-state index contributed by atoms with van der Waals surface area (Å²) in [5, 5.41) is 3.28. The summed E-state index contributed by atoms with van der Waals surface area (Å²) in [6.45, 7) is 1.12. The fraction of sp³-hybridized carbons (Fsp3) is 0.174. The van der Waals surface area contributed by atoms with Gasteiger partial charge in [0.05, 0.1) is 14.2 Å². The number of nitrogens with one attached hydrogen (secondary N) is 1. The zero-order valence-electron chi connectivity index (χ0n) is 16.0. The Morgan fingerprint density at radius 1 is 0.821 bits per heavy atom. The second-order valence-electron chi connectivity index (χ2n) is 6.17. The smallest absolute Gasteiger partial charge is 0.161 e. The van der Waals surface area contributed by atoms with E-state index in [-0.39, 0.29) is 0 Å². The van der Waals surface area contributed by atoms with Gasteiger partial charge in [-0.1, -0.05) is 54.7 Å². The Hall–Kier alpha value is -3.05. The Kier molecular flexibility index (Phi) is 6.87. The van der Waals surface area contributed by atoms with Gasteiger partial charge in [-0.2, -0.15) is 0 Å². The van der Waals surface area contributed by atoms with Crippen LogP contribution in [-0.2, 0) is 13.2 Å². The van der Waals surface area contributed by atoms with Gasteiger partial charge in [0.25, 0.3) is 0 Å². The molecule has 3 rings (SSSR count). The monoisotopic (exact) mass is 393 g/mol. The van der Waals surface area contributed by atoms with E-state index in [1.165, 1.54) is 0 Å². The molecule has 0 saturated carbocycles. The van der Waals surface area contributed by atoms with E-state index in [0.717, 1.165) is 22.4 Å². The maximum absolute atomic E-state index is 5.90. The molecule has 0 unspecified atom stereocenters. The summed E-state index contributed by atoms with van der Waals surface area (Å²) in [6, 6.07) is 23.6. The van der Waals surface area contributed by atoms with E-state index in [1.807, 2.05) is 72.8 Å². The fourth-order valence-corrected chi connectivity index (χ4v) is 2.89. The molecule has 0 saturated heterocycles. The van der Waals surface area contributed by atoms with Crippen molar-refractivity contribution in [2.45, 2.75) is 13.2 Å². The fourth-order valence-electron chi connectivity index (χ4n) is 2.69. The second-order valence-corrected chi connectivity index (χ2v) is 6.58. The van der Waals surface area contributed by atoms with Gasteiger partial charge in [0, 0.05) is 12.1 Å². The Morgan fingerprint density at radius 3 is 2.25 bits per heavy atom. The van der Waals surface area contributed by atoms with E-state index in [4.69, 9.17) is 26.4 Å². The third-order valence-electron chi connectivity index (χ3n) is 4.28. The van der Waals surface area contributed by atoms with Crippen LogP contribution in [0.15, 0.2) is 72.8 Å². The molecule has 0 aliphatic rings. The number of benzene rings is 3. The zero-order chi connectivity index (χ0) is 19.8. The first-order valence-corrected chi connectivity index (χ1v) is 9.36. The topological polar surface area (TPSA) is 39.7 Å². The van der Waals surface area contributed by atoms with Crippen LogP contribution in [0.4, 0.5) is 0 Å². The van der Waals surface area contributed by atoms with E-state index in [0.29, 0.717) is 29.6 Å². The maximum atomic E-state index is 5.90. The molecule has 1 N–H and O–H groups in total. The minimum atomic E-state index is 0.483. The first kappa shape index (κ1) is 19.7. The van der Waals surface area contributed by atoms with Crippen LogP contribution in [0.5, 0.6) is 17.2 Å². The molecule has 3 aromatic rings. The van der Waals surface area contributed by atoms with Gasteiger partial charge in [-0.15, -0.1) is 0 Å². The average molecular weight is 394 g/mol. The van der Waals surface area contributed by atoms with E-state index in [1.54, 1.807) is 14.2 Å². The van der Waals surface area contributed by atoms with Crippen molar-refractivity contribution in [2.24, 2.45) is 0 Å². The largest absolute Gasteiger partial charge is 0.497 e. The predicted molar refractivity (Wildman–Crippen MR) is 115 cm³/mol. The van der Waals surface area contributed by atoms with Crippen LogP contribution < -0.4 is 19.5 Å². The van der Waals surface area contributed by atoms with Gasteiger partial charge < -0.3 is 19.5 Å². The zero-order valence-corrected chi connectivity index (χ0v) is 16.8. The molecule has 0 aliphatic carbocycles. The molecule has 0 atom stereocenters. The predicted octanol–water partition coefficient (Wildman–Crippen LogP) is 4.75. The normalized spacial score (nSPS) is 10.2. The highest BCUT2D eigenvalue weighted by molar-refractivity contribution is 7.80. The van der Waals surface area contributed by atoms with Gasteiger partial charge in [-0.05, 0) is 41.5 Å². The number of methoxy groups -OCH3 is 2. The van der Waals surface area contributed by atoms with Gasteiger partial charge >= 0.3 is 0 Å². The van der Waals surface area contributed by atoms with Crippen molar-refractivity contribution >= 4 is 17.2 Å². The molecule has 0 spiro atoms. The molecule has 4 nitrogen and oxygen atoms in total. The molecule has 0 fully saturated rings. The Balaban J connectivity index is 1.62. The summed E-state index contributed by atoms with van der Waals surface area (Å²) >= 11 is 5.53. The van der Waals surface area contributed by atoms with E-state index >= 15 is 0 Å². The molecule has 28 heavy (non-hydrogen) atoms. The van der Waals surface area contributed by atoms with Crippen molar-refractivity contribution in [3.8, 4) is 17.2 Å².